The third-order valence-electron chi connectivity index (χ3n) is 5.84. The van der Waals surface area contributed by atoms with Crippen molar-refractivity contribution >= 4 is 45.5 Å². The molecule has 1 N–H and O–H groups in total. The molecule has 0 heterocycles. The van der Waals surface area contributed by atoms with Gasteiger partial charge in [0.15, 0.2) is 11.5 Å². The van der Waals surface area contributed by atoms with Crippen LogP contribution in [0.2, 0.25) is 0 Å². The molecule has 4 rings (SSSR count). The molecule has 0 aliphatic rings. The van der Waals surface area contributed by atoms with Gasteiger partial charge in [-0.2, -0.15) is 5.10 Å². The molecule has 4 aromatic rings. The van der Waals surface area contributed by atoms with Gasteiger partial charge in [0.1, 0.15) is 6.61 Å². The van der Waals surface area contributed by atoms with Crippen molar-refractivity contribution in [2.24, 2.45) is 5.10 Å². The largest absolute Gasteiger partial charge is 0.490 e. The number of nitrogens with one attached hydrogen (secondary N) is 1. The number of fused-ring (bicyclic) bond motifs is 1. The molecule has 36 heavy (non-hydrogen) atoms. The van der Waals surface area contributed by atoms with E-state index in [0.29, 0.717) is 24.7 Å². The molecule has 1 amide bonds. The van der Waals surface area contributed by atoms with Crippen LogP contribution in [0.4, 0.5) is 0 Å². The van der Waals surface area contributed by atoms with Crippen molar-refractivity contribution in [3.63, 3.8) is 0 Å². The highest BCUT2D eigenvalue weighted by atomic mass is 127. The quantitative estimate of drug-likeness (QED) is 0.133. The second-order valence-electron chi connectivity index (χ2n) is 8.59. The van der Waals surface area contributed by atoms with Crippen molar-refractivity contribution < 1.29 is 14.3 Å². The Morgan fingerprint density at radius 1 is 0.972 bits per heavy atom. The van der Waals surface area contributed by atoms with Crippen LogP contribution in [0.5, 0.6) is 11.5 Å². The molecular formula is C30H29IN2O3. The first-order valence-electron chi connectivity index (χ1n) is 11.9. The molecule has 0 radical (unpaired) electrons. The van der Waals surface area contributed by atoms with E-state index in [1.165, 1.54) is 16.3 Å². The summed E-state index contributed by atoms with van der Waals surface area (Å²) in [6.45, 7) is 6.93. The van der Waals surface area contributed by atoms with E-state index in [4.69, 9.17) is 9.47 Å². The van der Waals surface area contributed by atoms with Gasteiger partial charge in [0.05, 0.1) is 22.8 Å². The van der Waals surface area contributed by atoms with Crippen LogP contribution in [0.15, 0.2) is 77.9 Å². The second kappa shape index (κ2) is 12.0. The lowest BCUT2D eigenvalue weighted by molar-refractivity contribution is -0.120. The minimum absolute atomic E-state index is 0.159. The lowest BCUT2D eigenvalue weighted by atomic mass is 10.0. The van der Waals surface area contributed by atoms with Crippen molar-refractivity contribution in [2.75, 3.05) is 6.61 Å². The summed E-state index contributed by atoms with van der Waals surface area (Å²) >= 11 is 2.24. The molecule has 184 valence electrons. The van der Waals surface area contributed by atoms with Gasteiger partial charge in [-0.1, -0.05) is 66.2 Å². The molecule has 0 saturated heterocycles. The van der Waals surface area contributed by atoms with Crippen molar-refractivity contribution in [2.45, 2.75) is 33.8 Å². The molecule has 0 aromatic heterocycles. The predicted octanol–water partition coefficient (Wildman–Crippen LogP) is 6.73. The Labute approximate surface area is 225 Å². The van der Waals surface area contributed by atoms with E-state index in [1.807, 2.05) is 63.2 Å². The summed E-state index contributed by atoms with van der Waals surface area (Å²) in [5.74, 6) is 1.18. The maximum atomic E-state index is 12.4. The molecule has 6 heteroatoms. The van der Waals surface area contributed by atoms with Crippen LogP contribution in [0, 0.1) is 17.4 Å². The Hall–Kier alpha value is -3.39. The standard InChI is InChI=1S/C30H29IN2O3/c1-4-35-28-16-22(18-32-33-29(34)17-24-13-12-20(2)14-21(24)3)15-27(31)30(28)36-19-25-10-7-9-23-8-5-6-11-26(23)25/h5-16,18H,4,17,19H2,1-3H3,(H,33,34)/b32-18+. The maximum absolute atomic E-state index is 12.4. The monoisotopic (exact) mass is 592 g/mol. The maximum Gasteiger partial charge on any atom is 0.244 e. The fourth-order valence-electron chi connectivity index (χ4n) is 4.07. The summed E-state index contributed by atoms with van der Waals surface area (Å²) < 4.78 is 13.0. The molecule has 0 atom stereocenters. The van der Waals surface area contributed by atoms with Crippen molar-refractivity contribution in [3.05, 3.63) is 104 Å². The highest BCUT2D eigenvalue weighted by Gasteiger charge is 2.13. The highest BCUT2D eigenvalue weighted by molar-refractivity contribution is 14.1. The van der Waals surface area contributed by atoms with Crippen LogP contribution in [-0.2, 0) is 17.8 Å². The van der Waals surface area contributed by atoms with Gasteiger partial charge in [0.2, 0.25) is 5.91 Å². The zero-order valence-electron chi connectivity index (χ0n) is 20.7. The molecule has 0 spiro atoms. The van der Waals surface area contributed by atoms with Gasteiger partial charge in [0, 0.05) is 0 Å². The number of rotatable bonds is 9. The van der Waals surface area contributed by atoms with E-state index in [0.717, 1.165) is 25.8 Å². The molecule has 0 bridgehead atoms. The predicted molar refractivity (Wildman–Crippen MR) is 154 cm³/mol. The van der Waals surface area contributed by atoms with Crippen LogP contribution >= 0.6 is 22.6 Å². The Morgan fingerprint density at radius 3 is 2.58 bits per heavy atom. The number of carbonyl (C=O) groups is 1. The smallest absolute Gasteiger partial charge is 0.244 e. The normalized spacial score (nSPS) is 11.1. The van der Waals surface area contributed by atoms with Gasteiger partial charge < -0.3 is 9.47 Å². The van der Waals surface area contributed by atoms with E-state index in [1.54, 1.807) is 6.21 Å². The Kier molecular flexibility index (Phi) is 8.59. The molecular weight excluding hydrogens is 563 g/mol. The van der Waals surface area contributed by atoms with Gasteiger partial charge in [-0.05, 0) is 88.5 Å². The molecule has 0 aliphatic carbocycles. The minimum Gasteiger partial charge on any atom is -0.490 e. The zero-order chi connectivity index (χ0) is 25.5. The SMILES string of the molecule is CCOc1cc(/C=N/NC(=O)Cc2ccc(C)cc2C)cc(I)c1OCc1cccc2ccccc12. The first kappa shape index (κ1) is 25.7. The average molecular weight is 592 g/mol. The number of hydrazone groups is 1. The third-order valence-corrected chi connectivity index (χ3v) is 6.64. The number of halogens is 1. The number of aryl methyl sites for hydroxylation is 2. The van der Waals surface area contributed by atoms with E-state index in [9.17, 15) is 4.79 Å². The summed E-state index contributed by atoms with van der Waals surface area (Å²) in [4.78, 5) is 12.4. The fraction of sp³-hybridized carbons (Fsp3) is 0.200. The number of hydrogen-bond acceptors (Lipinski definition) is 4. The summed E-state index contributed by atoms with van der Waals surface area (Å²) in [6.07, 6.45) is 1.91. The average Bonchev–Trinajstić information content (AvgIpc) is 2.85. The van der Waals surface area contributed by atoms with E-state index in [-0.39, 0.29) is 12.3 Å². The number of hydrogen-bond donors (Lipinski definition) is 1. The van der Waals surface area contributed by atoms with Gasteiger partial charge >= 0.3 is 0 Å². The first-order chi connectivity index (χ1) is 17.4. The third kappa shape index (κ3) is 6.43. The summed E-state index contributed by atoms with van der Waals surface area (Å²) in [5, 5.41) is 6.52. The van der Waals surface area contributed by atoms with E-state index >= 15 is 0 Å². The summed E-state index contributed by atoms with van der Waals surface area (Å²) in [5.41, 5.74) is 7.83. The van der Waals surface area contributed by atoms with Crippen LogP contribution < -0.4 is 14.9 Å². The van der Waals surface area contributed by atoms with Crippen LogP contribution in [0.3, 0.4) is 0 Å². The zero-order valence-corrected chi connectivity index (χ0v) is 22.8. The van der Waals surface area contributed by atoms with Crippen LogP contribution in [0.1, 0.15) is 34.7 Å². The lowest BCUT2D eigenvalue weighted by Crippen LogP contribution is -2.20. The summed E-state index contributed by atoms with van der Waals surface area (Å²) in [7, 11) is 0. The van der Waals surface area contributed by atoms with Crippen LogP contribution in [-0.4, -0.2) is 18.7 Å². The molecule has 0 saturated carbocycles. The topological polar surface area (TPSA) is 59.9 Å². The first-order valence-corrected chi connectivity index (χ1v) is 13.0. The summed E-state index contributed by atoms with van der Waals surface area (Å²) in [6, 6.07) is 24.4. The van der Waals surface area contributed by atoms with Gasteiger partial charge in [-0.25, -0.2) is 5.43 Å². The molecule has 4 aromatic carbocycles. The molecule has 0 unspecified atom stereocenters. The minimum atomic E-state index is -0.159. The Balaban J connectivity index is 1.45. The molecule has 5 nitrogen and oxygen atoms in total. The number of ether oxygens (including phenoxy) is 2. The molecule has 0 fully saturated rings. The van der Waals surface area contributed by atoms with Crippen molar-refractivity contribution in [1.82, 2.24) is 5.43 Å². The number of amides is 1. The number of nitrogens with zero attached hydrogens (tertiary/aromatic N) is 1. The highest BCUT2D eigenvalue weighted by Crippen LogP contribution is 2.35. The fourth-order valence-corrected chi connectivity index (χ4v) is 4.85. The lowest BCUT2D eigenvalue weighted by Gasteiger charge is -2.15. The van der Waals surface area contributed by atoms with E-state index in [2.05, 4.69) is 63.4 Å². The van der Waals surface area contributed by atoms with Gasteiger partial charge in [-0.3, -0.25) is 4.79 Å². The van der Waals surface area contributed by atoms with Crippen molar-refractivity contribution in [1.29, 1.82) is 0 Å². The van der Waals surface area contributed by atoms with Crippen LogP contribution in [0.25, 0.3) is 10.8 Å². The Bertz CT molecular complexity index is 1410. The second-order valence-corrected chi connectivity index (χ2v) is 9.75. The Morgan fingerprint density at radius 2 is 1.78 bits per heavy atom. The molecule has 0 aliphatic heterocycles. The van der Waals surface area contributed by atoms with E-state index < -0.39 is 0 Å². The van der Waals surface area contributed by atoms with Crippen molar-refractivity contribution in [3.8, 4) is 11.5 Å². The van der Waals surface area contributed by atoms with Gasteiger partial charge in [0.25, 0.3) is 0 Å². The van der Waals surface area contributed by atoms with Gasteiger partial charge in [-0.15, -0.1) is 0 Å². The number of carbonyl (C=O) groups excluding carboxylic acids is 1. The number of benzene rings is 4.